The van der Waals surface area contributed by atoms with Crippen LogP contribution in [0.3, 0.4) is 0 Å². The van der Waals surface area contributed by atoms with E-state index in [1.54, 1.807) is 4.90 Å². The number of carboxylic acid groups (broad SMARTS) is 1. The number of hydrogen-bond acceptors (Lipinski definition) is 2. The largest absolute Gasteiger partial charge is 0.481 e. The third kappa shape index (κ3) is 2.05. The van der Waals surface area contributed by atoms with Gasteiger partial charge >= 0.3 is 5.97 Å². The van der Waals surface area contributed by atoms with Crippen LogP contribution in [0.2, 0.25) is 0 Å². The summed E-state index contributed by atoms with van der Waals surface area (Å²) in [7, 11) is 0. The zero-order valence-corrected chi connectivity index (χ0v) is 8.85. The van der Waals surface area contributed by atoms with E-state index in [9.17, 15) is 9.59 Å². The fourth-order valence-corrected chi connectivity index (χ4v) is 2.02. The summed E-state index contributed by atoms with van der Waals surface area (Å²) in [4.78, 5) is 23.8. The van der Waals surface area contributed by atoms with Crippen LogP contribution in [-0.2, 0) is 16.0 Å². The second-order valence-corrected chi connectivity index (χ2v) is 3.85. The van der Waals surface area contributed by atoms with E-state index in [1.807, 2.05) is 24.3 Å². The zero-order chi connectivity index (χ0) is 11.5. The summed E-state index contributed by atoms with van der Waals surface area (Å²) in [5, 5.41) is 8.62. The molecule has 0 aliphatic carbocycles. The molecule has 16 heavy (non-hydrogen) atoms. The zero-order valence-electron chi connectivity index (χ0n) is 8.85. The van der Waals surface area contributed by atoms with Crippen LogP contribution in [0.5, 0.6) is 0 Å². The number of aryl methyl sites for hydroxylation is 1. The van der Waals surface area contributed by atoms with Crippen molar-refractivity contribution in [3.8, 4) is 0 Å². The molecule has 0 atom stereocenters. The first-order valence-corrected chi connectivity index (χ1v) is 5.28. The van der Waals surface area contributed by atoms with Crippen LogP contribution in [0.1, 0.15) is 18.4 Å². The molecule has 0 spiro atoms. The molecule has 1 aliphatic rings. The highest BCUT2D eigenvalue weighted by atomic mass is 16.4. The molecule has 0 saturated heterocycles. The minimum absolute atomic E-state index is 0.334. The number of para-hydroxylation sites is 1. The highest BCUT2D eigenvalue weighted by molar-refractivity contribution is 6.03. The van der Waals surface area contributed by atoms with Crippen molar-refractivity contribution in [3.63, 3.8) is 0 Å². The summed E-state index contributed by atoms with van der Waals surface area (Å²) in [6.45, 7) is 0.614. The molecule has 1 amide bonds. The Morgan fingerprint density at radius 1 is 1.31 bits per heavy atom. The fourth-order valence-electron chi connectivity index (χ4n) is 2.02. The van der Waals surface area contributed by atoms with E-state index in [4.69, 9.17) is 5.11 Å². The maximum Gasteiger partial charge on any atom is 0.312 e. The van der Waals surface area contributed by atoms with Gasteiger partial charge in [-0.1, -0.05) is 18.2 Å². The highest BCUT2D eigenvalue weighted by Crippen LogP contribution is 2.26. The lowest BCUT2D eigenvalue weighted by atomic mass is 10.0. The predicted molar refractivity (Wildman–Crippen MR) is 59.4 cm³/mol. The average molecular weight is 219 g/mol. The molecule has 0 saturated carbocycles. The maximum atomic E-state index is 11.7. The van der Waals surface area contributed by atoms with Crippen LogP contribution in [0, 0.1) is 0 Å². The standard InChI is InChI=1S/C12H13NO3/c14-11(8-12(15)16)13-7-3-5-9-4-1-2-6-10(9)13/h1-2,4,6H,3,5,7-8H2,(H,15,16). The van der Waals surface area contributed by atoms with Gasteiger partial charge < -0.3 is 10.0 Å². The van der Waals surface area contributed by atoms with Crippen molar-refractivity contribution < 1.29 is 14.7 Å². The minimum atomic E-state index is -1.08. The van der Waals surface area contributed by atoms with Crippen LogP contribution < -0.4 is 4.90 Å². The van der Waals surface area contributed by atoms with Crippen molar-refractivity contribution in [2.24, 2.45) is 0 Å². The number of nitrogens with zero attached hydrogens (tertiary/aromatic N) is 1. The first-order valence-electron chi connectivity index (χ1n) is 5.28. The molecule has 0 fully saturated rings. The van der Waals surface area contributed by atoms with Crippen LogP contribution in [-0.4, -0.2) is 23.5 Å². The molecule has 1 aromatic carbocycles. The Labute approximate surface area is 93.5 Å². The molecule has 0 bridgehead atoms. The van der Waals surface area contributed by atoms with E-state index in [0.717, 1.165) is 24.1 Å². The van der Waals surface area contributed by atoms with Crippen LogP contribution in [0.15, 0.2) is 24.3 Å². The van der Waals surface area contributed by atoms with Gasteiger partial charge in [0.2, 0.25) is 5.91 Å². The number of hydrogen-bond donors (Lipinski definition) is 1. The predicted octanol–water partition coefficient (Wildman–Crippen LogP) is 1.44. The van der Waals surface area contributed by atoms with Gasteiger partial charge in [-0.3, -0.25) is 9.59 Å². The number of amides is 1. The summed E-state index contributed by atoms with van der Waals surface area (Å²) in [6, 6.07) is 7.65. The number of anilines is 1. The van der Waals surface area contributed by atoms with E-state index in [1.165, 1.54) is 0 Å². The van der Waals surface area contributed by atoms with Crippen LogP contribution in [0.4, 0.5) is 5.69 Å². The molecule has 1 heterocycles. The second kappa shape index (κ2) is 4.35. The molecule has 0 unspecified atom stereocenters. The van der Waals surface area contributed by atoms with E-state index < -0.39 is 12.4 Å². The number of carboxylic acids is 1. The monoisotopic (exact) mass is 219 g/mol. The Hall–Kier alpha value is -1.84. The second-order valence-electron chi connectivity index (χ2n) is 3.85. The number of carbonyl (C=O) groups excluding carboxylic acids is 1. The number of rotatable bonds is 2. The van der Waals surface area contributed by atoms with E-state index >= 15 is 0 Å². The van der Waals surface area contributed by atoms with E-state index in [-0.39, 0.29) is 5.91 Å². The summed E-state index contributed by atoms with van der Waals surface area (Å²) >= 11 is 0. The molecule has 1 N–H and O–H groups in total. The van der Waals surface area contributed by atoms with Gasteiger partial charge in [0.05, 0.1) is 0 Å². The molecule has 84 valence electrons. The van der Waals surface area contributed by atoms with Gasteiger partial charge in [0, 0.05) is 12.2 Å². The quantitative estimate of drug-likeness (QED) is 0.766. The Morgan fingerprint density at radius 3 is 2.81 bits per heavy atom. The normalized spacial score (nSPS) is 14.4. The number of fused-ring (bicyclic) bond motifs is 1. The molecular formula is C12H13NO3. The SMILES string of the molecule is O=C(O)CC(=O)N1CCCc2ccccc21. The van der Waals surface area contributed by atoms with Crippen molar-refractivity contribution in [2.75, 3.05) is 11.4 Å². The van der Waals surface area contributed by atoms with Gasteiger partial charge in [0.1, 0.15) is 6.42 Å². The lowest BCUT2D eigenvalue weighted by molar-refractivity contribution is -0.140. The third-order valence-electron chi connectivity index (χ3n) is 2.71. The topological polar surface area (TPSA) is 57.6 Å². The average Bonchev–Trinajstić information content (AvgIpc) is 2.27. The number of aliphatic carboxylic acids is 1. The Morgan fingerprint density at radius 2 is 2.06 bits per heavy atom. The first kappa shape index (κ1) is 10.7. The Bertz CT molecular complexity index is 428. The molecule has 4 nitrogen and oxygen atoms in total. The van der Waals surface area contributed by atoms with Gasteiger partial charge in [-0.15, -0.1) is 0 Å². The van der Waals surface area contributed by atoms with Crippen molar-refractivity contribution in [3.05, 3.63) is 29.8 Å². The fraction of sp³-hybridized carbons (Fsp3) is 0.333. The molecule has 1 aromatic rings. The Kier molecular flexibility index (Phi) is 2.90. The van der Waals surface area contributed by atoms with Gasteiger partial charge in [-0.25, -0.2) is 0 Å². The van der Waals surface area contributed by atoms with E-state index in [0.29, 0.717) is 6.54 Å². The molecule has 0 radical (unpaired) electrons. The molecular weight excluding hydrogens is 206 g/mol. The first-order chi connectivity index (χ1) is 7.68. The van der Waals surface area contributed by atoms with Crippen molar-refractivity contribution in [1.82, 2.24) is 0 Å². The number of carbonyl (C=O) groups is 2. The number of benzene rings is 1. The summed E-state index contributed by atoms with van der Waals surface area (Å²) in [5.74, 6) is -1.41. The summed E-state index contributed by atoms with van der Waals surface area (Å²) < 4.78 is 0. The van der Waals surface area contributed by atoms with Crippen molar-refractivity contribution in [2.45, 2.75) is 19.3 Å². The van der Waals surface area contributed by atoms with Crippen LogP contribution >= 0.6 is 0 Å². The summed E-state index contributed by atoms with van der Waals surface area (Å²) in [5.41, 5.74) is 1.98. The van der Waals surface area contributed by atoms with Gasteiger partial charge in [-0.05, 0) is 24.5 Å². The smallest absolute Gasteiger partial charge is 0.312 e. The lowest BCUT2D eigenvalue weighted by Crippen LogP contribution is -2.36. The minimum Gasteiger partial charge on any atom is -0.481 e. The summed E-state index contributed by atoms with van der Waals surface area (Å²) in [6.07, 6.45) is 1.41. The molecule has 0 aromatic heterocycles. The van der Waals surface area contributed by atoms with Crippen LogP contribution in [0.25, 0.3) is 0 Å². The Balaban J connectivity index is 2.24. The molecule has 1 aliphatic heterocycles. The molecule has 2 rings (SSSR count). The van der Waals surface area contributed by atoms with Gasteiger partial charge in [0.15, 0.2) is 0 Å². The van der Waals surface area contributed by atoms with Gasteiger partial charge in [0.25, 0.3) is 0 Å². The molecule has 4 heteroatoms. The maximum absolute atomic E-state index is 11.7. The third-order valence-corrected chi connectivity index (χ3v) is 2.71. The lowest BCUT2D eigenvalue weighted by Gasteiger charge is -2.29. The van der Waals surface area contributed by atoms with E-state index in [2.05, 4.69) is 0 Å². The highest BCUT2D eigenvalue weighted by Gasteiger charge is 2.23. The van der Waals surface area contributed by atoms with Gasteiger partial charge in [-0.2, -0.15) is 0 Å². The van der Waals surface area contributed by atoms with Crippen molar-refractivity contribution >= 4 is 17.6 Å². The van der Waals surface area contributed by atoms with Crippen molar-refractivity contribution in [1.29, 1.82) is 0 Å².